The normalized spacial score (nSPS) is 16.1. The quantitative estimate of drug-likeness (QED) is 0.457. The number of aromatic nitrogens is 2. The molecule has 1 aliphatic heterocycles. The van der Waals surface area contributed by atoms with E-state index in [0.717, 1.165) is 6.07 Å². The summed E-state index contributed by atoms with van der Waals surface area (Å²) >= 11 is 0. The van der Waals surface area contributed by atoms with Crippen LogP contribution in [0.1, 0.15) is 35.0 Å². The molecule has 12 heteroatoms. The summed E-state index contributed by atoms with van der Waals surface area (Å²) < 4.78 is 98.7. The third-order valence-corrected chi connectivity index (χ3v) is 5.34. The van der Waals surface area contributed by atoms with Gasteiger partial charge in [-0.1, -0.05) is 5.16 Å². The smallest absolute Gasteiger partial charge is 0.361 e. The van der Waals surface area contributed by atoms with E-state index in [1.807, 2.05) is 0 Å². The molecule has 1 unspecified atom stereocenters. The fourth-order valence-electron chi connectivity index (χ4n) is 3.86. The van der Waals surface area contributed by atoms with Gasteiger partial charge in [-0.25, -0.2) is 4.39 Å². The van der Waals surface area contributed by atoms with Crippen LogP contribution in [0.5, 0.6) is 0 Å². The van der Waals surface area contributed by atoms with Gasteiger partial charge in [-0.05, 0) is 49.2 Å². The van der Waals surface area contributed by atoms with E-state index in [1.54, 1.807) is 17.9 Å². The topological polar surface area (TPSA) is 66.0 Å². The molecule has 0 bridgehead atoms. The van der Waals surface area contributed by atoms with Crippen LogP contribution in [-0.4, -0.2) is 16.2 Å². The number of nitriles is 1. The Balaban J connectivity index is 1.67. The van der Waals surface area contributed by atoms with Crippen LogP contribution >= 0.6 is 0 Å². The average Bonchev–Trinajstić information content (AvgIpc) is 3.30. The highest BCUT2D eigenvalue weighted by atomic mass is 19.4. The molecule has 0 radical (unpaired) electrons. The number of nitrogens with zero attached hydrogens (tertiary/aromatic N) is 4. The van der Waals surface area contributed by atoms with Gasteiger partial charge in [0, 0.05) is 11.7 Å². The van der Waals surface area contributed by atoms with Crippen LogP contribution in [0.25, 0.3) is 11.5 Å². The molecule has 5 nitrogen and oxygen atoms in total. The van der Waals surface area contributed by atoms with E-state index in [0.29, 0.717) is 18.2 Å². The number of rotatable bonds is 3. The minimum atomic E-state index is -4.73. The zero-order valence-electron chi connectivity index (χ0n) is 16.7. The first-order valence-corrected chi connectivity index (χ1v) is 9.49. The van der Waals surface area contributed by atoms with Crippen molar-refractivity contribution in [2.24, 2.45) is 0 Å². The van der Waals surface area contributed by atoms with Crippen LogP contribution in [0, 0.1) is 17.1 Å². The molecule has 0 fully saturated rings. The second kappa shape index (κ2) is 7.75. The first-order chi connectivity index (χ1) is 15.4. The first kappa shape index (κ1) is 22.6. The maximum Gasteiger partial charge on any atom is 0.418 e. The van der Waals surface area contributed by atoms with Gasteiger partial charge in [0.15, 0.2) is 5.82 Å². The zero-order valence-corrected chi connectivity index (χ0v) is 16.7. The van der Waals surface area contributed by atoms with Gasteiger partial charge in [-0.2, -0.15) is 36.6 Å². The molecule has 1 atom stereocenters. The summed E-state index contributed by atoms with van der Waals surface area (Å²) in [5.74, 6) is -1.55. The third kappa shape index (κ3) is 4.10. The summed E-state index contributed by atoms with van der Waals surface area (Å²) in [6.45, 7) is 1.53. The van der Waals surface area contributed by atoms with Gasteiger partial charge in [0.1, 0.15) is 5.82 Å². The van der Waals surface area contributed by atoms with E-state index >= 15 is 0 Å². The lowest BCUT2D eigenvalue weighted by molar-refractivity contribution is -0.138. The van der Waals surface area contributed by atoms with Gasteiger partial charge in [-0.15, -0.1) is 0 Å². The summed E-state index contributed by atoms with van der Waals surface area (Å²) in [6.07, 6.45) is -9.43. The van der Waals surface area contributed by atoms with Gasteiger partial charge in [-0.3, -0.25) is 0 Å². The average molecular weight is 470 g/mol. The van der Waals surface area contributed by atoms with Crippen molar-refractivity contribution in [3.8, 4) is 17.5 Å². The Morgan fingerprint density at radius 3 is 2.48 bits per heavy atom. The minimum Gasteiger partial charge on any atom is -0.361 e. The molecule has 2 heterocycles. The van der Waals surface area contributed by atoms with Gasteiger partial charge in [0.2, 0.25) is 0 Å². The van der Waals surface area contributed by atoms with Crippen molar-refractivity contribution in [3.63, 3.8) is 0 Å². The lowest BCUT2D eigenvalue weighted by Crippen LogP contribution is -2.29. The Kier molecular flexibility index (Phi) is 5.30. The maximum absolute atomic E-state index is 14.1. The fraction of sp³-hybridized carbons (Fsp3) is 0.286. The zero-order chi connectivity index (χ0) is 24.1. The molecule has 1 aliphatic rings. The van der Waals surface area contributed by atoms with Crippen molar-refractivity contribution in [1.82, 2.24) is 10.1 Å². The predicted molar refractivity (Wildman–Crippen MR) is 100 cm³/mol. The van der Waals surface area contributed by atoms with Crippen molar-refractivity contribution < 1.29 is 35.3 Å². The van der Waals surface area contributed by atoms with Crippen LogP contribution < -0.4 is 4.90 Å². The Hall–Kier alpha value is -3.62. The van der Waals surface area contributed by atoms with Crippen molar-refractivity contribution in [3.05, 3.63) is 64.2 Å². The number of hydrogen-bond acceptors (Lipinski definition) is 5. The van der Waals surface area contributed by atoms with Crippen LogP contribution in [0.3, 0.4) is 0 Å². The molecule has 0 saturated heterocycles. The maximum atomic E-state index is 14.1. The number of hydrogen-bond donors (Lipinski definition) is 0. The number of benzene rings is 2. The SMILES string of the molecule is CC1Cc2c(ccc(C#N)c2C(F)(F)F)N1Cc1noc(-c2cc(C(F)(F)F)ccc2F)n1. The standard InChI is InChI=1S/C21H13F7N4O/c1-10-6-14-16(5-2-11(8-29)18(14)21(26,27)28)32(10)9-17-30-19(33-31-17)13-7-12(20(23,24)25)3-4-15(13)22/h2-5,7,10H,6,9H2,1H3. The third-order valence-electron chi connectivity index (χ3n) is 5.34. The predicted octanol–water partition coefficient (Wildman–Crippen LogP) is 5.74. The highest BCUT2D eigenvalue weighted by Gasteiger charge is 2.41. The summed E-state index contributed by atoms with van der Waals surface area (Å²) in [7, 11) is 0. The lowest BCUT2D eigenvalue weighted by Gasteiger charge is -2.23. The molecular formula is C21H13F7N4O. The Labute approximate surface area is 182 Å². The summed E-state index contributed by atoms with van der Waals surface area (Å²) in [5.41, 5.74) is -2.95. The van der Waals surface area contributed by atoms with E-state index in [4.69, 9.17) is 9.78 Å². The molecule has 0 amide bonds. The summed E-state index contributed by atoms with van der Waals surface area (Å²) in [5, 5.41) is 12.7. The fourth-order valence-corrected chi connectivity index (χ4v) is 3.86. The molecule has 2 aromatic carbocycles. The number of anilines is 1. The van der Waals surface area contributed by atoms with Crippen molar-refractivity contribution in [2.75, 3.05) is 4.90 Å². The second-order valence-electron chi connectivity index (χ2n) is 7.48. The largest absolute Gasteiger partial charge is 0.418 e. The van der Waals surface area contributed by atoms with Gasteiger partial charge in [0.25, 0.3) is 5.89 Å². The van der Waals surface area contributed by atoms with Crippen molar-refractivity contribution >= 4 is 5.69 Å². The highest BCUT2D eigenvalue weighted by molar-refractivity contribution is 5.66. The molecule has 0 spiro atoms. The van der Waals surface area contributed by atoms with Gasteiger partial charge in [0.05, 0.1) is 34.9 Å². The lowest BCUT2D eigenvalue weighted by atomic mass is 9.98. The van der Waals surface area contributed by atoms with Crippen LogP contribution in [0.4, 0.5) is 36.4 Å². The molecule has 0 aliphatic carbocycles. The van der Waals surface area contributed by atoms with Gasteiger partial charge >= 0.3 is 12.4 Å². The van der Waals surface area contributed by atoms with Crippen molar-refractivity contribution in [1.29, 1.82) is 5.26 Å². The van der Waals surface area contributed by atoms with E-state index in [-0.39, 0.29) is 30.0 Å². The second-order valence-corrected chi connectivity index (χ2v) is 7.48. The summed E-state index contributed by atoms with van der Waals surface area (Å²) in [6, 6.07) is 5.34. The van der Waals surface area contributed by atoms with Crippen LogP contribution in [-0.2, 0) is 25.3 Å². The monoisotopic (exact) mass is 470 g/mol. The van der Waals surface area contributed by atoms with Gasteiger partial charge < -0.3 is 9.42 Å². The van der Waals surface area contributed by atoms with E-state index < -0.39 is 52.4 Å². The number of alkyl halides is 6. The van der Waals surface area contributed by atoms with E-state index in [1.165, 1.54) is 6.07 Å². The minimum absolute atomic E-state index is 0.00661. The highest BCUT2D eigenvalue weighted by Crippen LogP contribution is 2.43. The first-order valence-electron chi connectivity index (χ1n) is 9.49. The number of halogens is 7. The summed E-state index contributed by atoms with van der Waals surface area (Å²) in [4.78, 5) is 5.50. The van der Waals surface area contributed by atoms with Crippen LogP contribution in [0.15, 0.2) is 34.9 Å². The molecule has 3 aromatic rings. The van der Waals surface area contributed by atoms with Crippen LogP contribution in [0.2, 0.25) is 0 Å². The molecule has 4 rings (SSSR count). The van der Waals surface area contributed by atoms with Crippen molar-refractivity contribution in [2.45, 2.75) is 38.3 Å². The molecule has 1 aromatic heterocycles. The Morgan fingerprint density at radius 1 is 1.12 bits per heavy atom. The number of fused-ring (bicyclic) bond motifs is 1. The molecule has 0 N–H and O–H groups in total. The molecular weight excluding hydrogens is 457 g/mol. The molecule has 33 heavy (non-hydrogen) atoms. The molecule has 0 saturated carbocycles. The Bertz CT molecular complexity index is 1260. The van der Waals surface area contributed by atoms with E-state index in [2.05, 4.69) is 10.1 Å². The Morgan fingerprint density at radius 2 is 1.85 bits per heavy atom. The van der Waals surface area contributed by atoms with E-state index in [9.17, 15) is 30.7 Å². The molecule has 172 valence electrons.